The third-order valence-electron chi connectivity index (χ3n) is 3.69. The van der Waals surface area contributed by atoms with Gasteiger partial charge in [-0.25, -0.2) is 4.39 Å². The highest BCUT2D eigenvalue weighted by molar-refractivity contribution is 5.66. The number of hydrogen-bond donors (Lipinski definition) is 1. The zero-order valence-electron chi connectivity index (χ0n) is 13.7. The van der Waals surface area contributed by atoms with Crippen molar-refractivity contribution in [3.63, 3.8) is 0 Å². The Hall–Kier alpha value is -2.83. The molecule has 3 rings (SSSR count). The highest BCUT2D eigenvalue weighted by atomic mass is 19.1. The molecule has 6 nitrogen and oxygen atoms in total. The number of ether oxygens (including phenoxy) is 1. The molecule has 0 saturated heterocycles. The fourth-order valence-electron chi connectivity index (χ4n) is 2.45. The van der Waals surface area contributed by atoms with Gasteiger partial charge in [0.25, 0.3) is 5.89 Å². The summed E-state index contributed by atoms with van der Waals surface area (Å²) in [6, 6.07) is 6.16. The van der Waals surface area contributed by atoms with E-state index in [0.29, 0.717) is 23.6 Å². The molecule has 0 fully saturated rings. The third-order valence-corrected chi connectivity index (χ3v) is 3.69. The van der Waals surface area contributed by atoms with Gasteiger partial charge in [0.05, 0.1) is 13.5 Å². The molecule has 126 valence electrons. The van der Waals surface area contributed by atoms with Crippen LogP contribution in [0.25, 0.3) is 11.5 Å². The predicted molar refractivity (Wildman–Crippen MR) is 85.5 cm³/mol. The SMILES string of the molecule is COc1c(-c2nnc(Cc3ccc(F)cc3)o2)cn(C(C)C)c1O. The van der Waals surface area contributed by atoms with Crippen molar-refractivity contribution in [1.82, 2.24) is 14.8 Å². The summed E-state index contributed by atoms with van der Waals surface area (Å²) in [6.45, 7) is 3.88. The maximum absolute atomic E-state index is 12.9. The Morgan fingerprint density at radius 3 is 2.58 bits per heavy atom. The van der Waals surface area contributed by atoms with Crippen molar-refractivity contribution >= 4 is 0 Å². The lowest BCUT2D eigenvalue weighted by atomic mass is 10.1. The average Bonchev–Trinajstić information content (AvgIpc) is 3.13. The minimum atomic E-state index is -0.291. The van der Waals surface area contributed by atoms with Crippen LogP contribution < -0.4 is 4.74 Å². The normalized spacial score (nSPS) is 11.2. The highest BCUT2D eigenvalue weighted by Gasteiger charge is 2.23. The maximum atomic E-state index is 12.9. The van der Waals surface area contributed by atoms with E-state index >= 15 is 0 Å². The van der Waals surface area contributed by atoms with Gasteiger partial charge in [0.1, 0.15) is 11.4 Å². The number of rotatable bonds is 5. The van der Waals surface area contributed by atoms with E-state index in [0.717, 1.165) is 5.56 Å². The largest absolute Gasteiger partial charge is 0.492 e. The van der Waals surface area contributed by atoms with Gasteiger partial charge in [0.2, 0.25) is 11.8 Å². The number of benzene rings is 1. The Morgan fingerprint density at radius 1 is 1.25 bits per heavy atom. The molecule has 0 amide bonds. The number of methoxy groups -OCH3 is 1. The molecule has 1 N–H and O–H groups in total. The topological polar surface area (TPSA) is 73.3 Å². The number of aromatic hydroxyl groups is 1. The Kier molecular flexibility index (Phi) is 4.24. The molecule has 0 aliphatic heterocycles. The molecule has 24 heavy (non-hydrogen) atoms. The fraction of sp³-hybridized carbons (Fsp3) is 0.294. The van der Waals surface area contributed by atoms with Crippen LogP contribution in [-0.4, -0.2) is 27.0 Å². The van der Waals surface area contributed by atoms with E-state index in [9.17, 15) is 9.50 Å². The smallest absolute Gasteiger partial charge is 0.253 e. The fourth-order valence-corrected chi connectivity index (χ4v) is 2.45. The van der Waals surface area contributed by atoms with Gasteiger partial charge in [-0.1, -0.05) is 12.1 Å². The van der Waals surface area contributed by atoms with Gasteiger partial charge in [0.15, 0.2) is 5.75 Å². The monoisotopic (exact) mass is 331 g/mol. The Labute approximate surface area is 138 Å². The van der Waals surface area contributed by atoms with E-state index in [4.69, 9.17) is 9.15 Å². The Morgan fingerprint density at radius 2 is 1.96 bits per heavy atom. The first-order chi connectivity index (χ1) is 11.5. The first kappa shape index (κ1) is 16.0. The average molecular weight is 331 g/mol. The number of nitrogens with zero attached hydrogens (tertiary/aromatic N) is 3. The van der Waals surface area contributed by atoms with Crippen molar-refractivity contribution in [3.8, 4) is 23.1 Å². The molecule has 2 heterocycles. The van der Waals surface area contributed by atoms with E-state index < -0.39 is 0 Å². The van der Waals surface area contributed by atoms with Crippen molar-refractivity contribution in [2.24, 2.45) is 0 Å². The number of halogens is 1. The van der Waals surface area contributed by atoms with Gasteiger partial charge in [-0.05, 0) is 31.5 Å². The van der Waals surface area contributed by atoms with Crippen molar-refractivity contribution in [2.45, 2.75) is 26.3 Å². The first-order valence-electron chi connectivity index (χ1n) is 7.54. The van der Waals surface area contributed by atoms with Crippen molar-refractivity contribution in [3.05, 3.63) is 47.7 Å². The van der Waals surface area contributed by atoms with Crippen LogP contribution in [0.2, 0.25) is 0 Å². The van der Waals surface area contributed by atoms with E-state index in [1.807, 2.05) is 13.8 Å². The molecule has 0 atom stereocenters. The molecule has 0 bridgehead atoms. The van der Waals surface area contributed by atoms with E-state index in [1.54, 1.807) is 22.9 Å². The van der Waals surface area contributed by atoms with E-state index in [1.165, 1.54) is 19.2 Å². The molecule has 2 aromatic heterocycles. The second kappa shape index (κ2) is 6.35. The Balaban J connectivity index is 1.90. The first-order valence-corrected chi connectivity index (χ1v) is 7.54. The molecule has 7 heteroatoms. The van der Waals surface area contributed by atoms with E-state index in [-0.39, 0.29) is 23.6 Å². The van der Waals surface area contributed by atoms with Crippen LogP contribution in [0.15, 0.2) is 34.9 Å². The highest BCUT2D eigenvalue weighted by Crippen LogP contribution is 2.40. The lowest BCUT2D eigenvalue weighted by Crippen LogP contribution is -1.97. The van der Waals surface area contributed by atoms with Crippen molar-refractivity contribution < 1.29 is 18.7 Å². The molecule has 0 radical (unpaired) electrons. The van der Waals surface area contributed by atoms with E-state index in [2.05, 4.69) is 10.2 Å². The van der Waals surface area contributed by atoms with Crippen LogP contribution in [0.4, 0.5) is 4.39 Å². The molecule has 0 saturated carbocycles. The van der Waals surface area contributed by atoms with Crippen LogP contribution in [-0.2, 0) is 6.42 Å². The third kappa shape index (κ3) is 2.97. The second-order valence-corrected chi connectivity index (χ2v) is 5.70. The zero-order valence-corrected chi connectivity index (χ0v) is 13.7. The number of aromatic nitrogens is 3. The second-order valence-electron chi connectivity index (χ2n) is 5.70. The Bertz CT molecular complexity index is 837. The molecule has 0 aliphatic carbocycles. The molecular formula is C17H18FN3O3. The molecular weight excluding hydrogens is 313 g/mol. The van der Waals surface area contributed by atoms with Gasteiger partial charge in [-0.15, -0.1) is 10.2 Å². The van der Waals surface area contributed by atoms with Crippen molar-refractivity contribution in [1.29, 1.82) is 0 Å². The lowest BCUT2D eigenvalue weighted by molar-refractivity contribution is 0.346. The maximum Gasteiger partial charge on any atom is 0.253 e. The number of hydrogen-bond acceptors (Lipinski definition) is 5. The molecule has 0 spiro atoms. The van der Waals surface area contributed by atoms with Crippen LogP contribution >= 0.6 is 0 Å². The van der Waals surface area contributed by atoms with Crippen LogP contribution in [0.3, 0.4) is 0 Å². The molecule has 3 aromatic rings. The van der Waals surface area contributed by atoms with Gasteiger partial charge < -0.3 is 18.8 Å². The van der Waals surface area contributed by atoms with Crippen LogP contribution in [0.5, 0.6) is 11.6 Å². The summed E-state index contributed by atoms with van der Waals surface area (Å²) in [7, 11) is 1.47. The molecule has 1 aromatic carbocycles. The summed E-state index contributed by atoms with van der Waals surface area (Å²) >= 11 is 0. The van der Waals surface area contributed by atoms with Crippen LogP contribution in [0.1, 0.15) is 31.3 Å². The lowest BCUT2D eigenvalue weighted by Gasteiger charge is -2.08. The summed E-state index contributed by atoms with van der Waals surface area (Å²) in [5.74, 6) is 0.677. The quantitative estimate of drug-likeness (QED) is 0.774. The van der Waals surface area contributed by atoms with Crippen molar-refractivity contribution in [2.75, 3.05) is 7.11 Å². The van der Waals surface area contributed by atoms with Gasteiger partial charge in [-0.2, -0.15) is 0 Å². The van der Waals surface area contributed by atoms with Gasteiger partial charge >= 0.3 is 0 Å². The minimum absolute atomic E-state index is 0.0146. The predicted octanol–water partition coefficient (Wildman–Crippen LogP) is 3.56. The van der Waals surface area contributed by atoms with Gasteiger partial charge in [0, 0.05) is 12.2 Å². The molecule has 0 aliphatic rings. The summed E-state index contributed by atoms with van der Waals surface area (Å²) in [5, 5.41) is 18.3. The summed E-state index contributed by atoms with van der Waals surface area (Å²) in [4.78, 5) is 0. The molecule has 0 unspecified atom stereocenters. The summed E-state index contributed by atoms with van der Waals surface area (Å²) < 4.78 is 25.5. The van der Waals surface area contributed by atoms with Crippen LogP contribution in [0, 0.1) is 5.82 Å². The summed E-state index contributed by atoms with van der Waals surface area (Å²) in [5.41, 5.74) is 1.39. The minimum Gasteiger partial charge on any atom is -0.492 e. The standard InChI is InChI=1S/C17H18FN3O3/c1-10(2)21-9-13(15(23-3)17(21)22)16-20-19-14(24-16)8-11-4-6-12(18)7-5-11/h4-7,9-10,22H,8H2,1-3H3. The summed E-state index contributed by atoms with van der Waals surface area (Å²) in [6.07, 6.45) is 2.11. The zero-order chi connectivity index (χ0) is 17.3. The van der Waals surface area contributed by atoms with Gasteiger partial charge in [-0.3, -0.25) is 0 Å².